The largest absolute Gasteiger partial charge is 0.348 e. The maximum atomic E-state index is 11.4. The molecule has 0 amide bonds. The molecule has 0 aliphatic carbocycles. The summed E-state index contributed by atoms with van der Waals surface area (Å²) in [6, 6.07) is 19.5. The molecule has 1 aromatic heterocycles. The Bertz CT molecular complexity index is 892. The van der Waals surface area contributed by atoms with E-state index in [9.17, 15) is 4.79 Å². The third-order valence-corrected chi connectivity index (χ3v) is 4.06. The Kier molecular flexibility index (Phi) is 5.27. The molecule has 0 radical (unpaired) electrons. The monoisotopic (exact) mass is 346 g/mol. The first-order chi connectivity index (χ1) is 12.5. The predicted molar refractivity (Wildman–Crippen MR) is 105 cm³/mol. The molecule has 0 aliphatic heterocycles. The second-order valence-electron chi connectivity index (χ2n) is 6.25. The van der Waals surface area contributed by atoms with Crippen LogP contribution in [0.3, 0.4) is 0 Å². The van der Waals surface area contributed by atoms with Crippen molar-refractivity contribution in [1.82, 2.24) is 9.97 Å². The van der Waals surface area contributed by atoms with Crippen LogP contribution >= 0.6 is 0 Å². The molecule has 0 saturated carbocycles. The first kappa shape index (κ1) is 17.6. The van der Waals surface area contributed by atoms with E-state index in [0.29, 0.717) is 17.3 Å². The van der Waals surface area contributed by atoms with Gasteiger partial charge in [-0.25, -0.2) is 4.98 Å². The highest BCUT2D eigenvalue weighted by Gasteiger charge is 2.09. The zero-order valence-electron chi connectivity index (χ0n) is 15.2. The lowest BCUT2D eigenvalue weighted by Crippen LogP contribution is -2.10. The summed E-state index contributed by atoms with van der Waals surface area (Å²) >= 11 is 0. The van der Waals surface area contributed by atoms with Crippen LogP contribution in [0.2, 0.25) is 0 Å². The molecule has 5 heteroatoms. The minimum atomic E-state index is 0.0517. The lowest BCUT2D eigenvalue weighted by atomic mass is 10.1. The molecule has 0 spiro atoms. The lowest BCUT2D eigenvalue weighted by molar-refractivity contribution is 0.101. The van der Waals surface area contributed by atoms with Crippen LogP contribution < -0.4 is 10.6 Å². The first-order valence-electron chi connectivity index (χ1n) is 8.56. The van der Waals surface area contributed by atoms with E-state index in [1.54, 1.807) is 19.1 Å². The Labute approximate surface area is 153 Å². The summed E-state index contributed by atoms with van der Waals surface area (Å²) in [6.07, 6.45) is 0. The first-order valence-corrected chi connectivity index (χ1v) is 8.56. The number of benzene rings is 2. The number of rotatable bonds is 6. The highest BCUT2D eigenvalue weighted by Crippen LogP contribution is 2.20. The van der Waals surface area contributed by atoms with Gasteiger partial charge >= 0.3 is 0 Å². The van der Waals surface area contributed by atoms with Crippen molar-refractivity contribution in [2.45, 2.75) is 26.8 Å². The Hall–Kier alpha value is -3.21. The van der Waals surface area contributed by atoms with Crippen molar-refractivity contribution in [3.8, 4) is 0 Å². The number of hydrogen-bond donors (Lipinski definition) is 2. The van der Waals surface area contributed by atoms with Crippen molar-refractivity contribution < 1.29 is 4.79 Å². The standard InChI is InChI=1S/C21H22N4O/c1-14-13-20(24-19-11-9-18(10-12-19)16(3)26)25-21(22-14)23-15(2)17-7-5-4-6-8-17/h4-13,15H,1-3H3,(H2,22,23,24,25). The maximum absolute atomic E-state index is 11.4. The normalized spacial score (nSPS) is 11.7. The second-order valence-corrected chi connectivity index (χ2v) is 6.25. The van der Waals surface area contributed by atoms with E-state index in [0.717, 1.165) is 11.4 Å². The molecule has 0 bridgehead atoms. The van der Waals surface area contributed by atoms with Crippen LogP contribution in [0, 0.1) is 6.92 Å². The van der Waals surface area contributed by atoms with Gasteiger partial charge in [0.2, 0.25) is 5.95 Å². The van der Waals surface area contributed by atoms with Gasteiger partial charge in [0.25, 0.3) is 0 Å². The van der Waals surface area contributed by atoms with Gasteiger partial charge in [-0.05, 0) is 50.6 Å². The maximum Gasteiger partial charge on any atom is 0.225 e. The molecule has 0 saturated heterocycles. The number of carbonyl (C=O) groups excluding carboxylic acids is 1. The molecule has 132 valence electrons. The number of hydrogen-bond acceptors (Lipinski definition) is 5. The number of aromatic nitrogens is 2. The van der Waals surface area contributed by atoms with Crippen molar-refractivity contribution in [1.29, 1.82) is 0 Å². The van der Waals surface area contributed by atoms with E-state index in [1.807, 2.05) is 43.3 Å². The molecule has 3 rings (SSSR count). The Balaban J connectivity index is 1.76. The number of nitrogens with one attached hydrogen (secondary N) is 2. The number of nitrogens with zero attached hydrogens (tertiary/aromatic N) is 2. The van der Waals surface area contributed by atoms with Crippen LogP contribution in [-0.2, 0) is 0 Å². The number of aryl methyl sites for hydroxylation is 1. The van der Waals surface area contributed by atoms with Gasteiger partial charge in [0.05, 0.1) is 6.04 Å². The van der Waals surface area contributed by atoms with Gasteiger partial charge in [-0.15, -0.1) is 0 Å². The third-order valence-electron chi connectivity index (χ3n) is 4.06. The lowest BCUT2D eigenvalue weighted by Gasteiger charge is -2.15. The fourth-order valence-corrected chi connectivity index (χ4v) is 2.65. The second kappa shape index (κ2) is 7.78. The van der Waals surface area contributed by atoms with Crippen molar-refractivity contribution in [3.05, 3.63) is 77.5 Å². The summed E-state index contributed by atoms with van der Waals surface area (Å²) in [5.74, 6) is 1.33. The van der Waals surface area contributed by atoms with Crippen LogP contribution in [0.1, 0.15) is 41.5 Å². The van der Waals surface area contributed by atoms with Crippen LogP contribution in [0.5, 0.6) is 0 Å². The van der Waals surface area contributed by atoms with E-state index in [4.69, 9.17) is 0 Å². The smallest absolute Gasteiger partial charge is 0.225 e. The van der Waals surface area contributed by atoms with E-state index >= 15 is 0 Å². The van der Waals surface area contributed by atoms with Gasteiger partial charge in [-0.2, -0.15) is 4.98 Å². The Morgan fingerprint density at radius 3 is 2.35 bits per heavy atom. The van der Waals surface area contributed by atoms with E-state index < -0.39 is 0 Å². The molecular formula is C21H22N4O. The van der Waals surface area contributed by atoms with Crippen molar-refractivity contribution >= 4 is 23.2 Å². The zero-order chi connectivity index (χ0) is 18.5. The van der Waals surface area contributed by atoms with Gasteiger partial charge in [0.15, 0.2) is 5.78 Å². The molecular weight excluding hydrogens is 324 g/mol. The summed E-state index contributed by atoms with van der Waals surface area (Å²) in [6.45, 7) is 5.57. The third kappa shape index (κ3) is 4.45. The van der Waals surface area contributed by atoms with Gasteiger partial charge in [0.1, 0.15) is 5.82 Å². The topological polar surface area (TPSA) is 66.9 Å². The van der Waals surface area contributed by atoms with Crippen LogP contribution in [0.25, 0.3) is 0 Å². The highest BCUT2D eigenvalue weighted by molar-refractivity contribution is 5.94. The molecule has 0 aliphatic rings. The molecule has 26 heavy (non-hydrogen) atoms. The van der Waals surface area contributed by atoms with E-state index in [1.165, 1.54) is 5.56 Å². The van der Waals surface area contributed by atoms with Crippen LogP contribution in [-0.4, -0.2) is 15.8 Å². The van der Waals surface area contributed by atoms with Gasteiger partial charge < -0.3 is 10.6 Å². The molecule has 0 fully saturated rings. The Morgan fingerprint density at radius 2 is 1.69 bits per heavy atom. The summed E-state index contributed by atoms with van der Waals surface area (Å²) < 4.78 is 0. The molecule has 2 N–H and O–H groups in total. The SMILES string of the molecule is CC(=O)c1ccc(Nc2cc(C)nc(NC(C)c3ccccc3)n2)cc1. The summed E-state index contributed by atoms with van der Waals surface area (Å²) in [5, 5.41) is 6.60. The molecule has 1 unspecified atom stereocenters. The zero-order valence-corrected chi connectivity index (χ0v) is 15.2. The number of anilines is 3. The van der Waals surface area contributed by atoms with Gasteiger partial charge in [0, 0.05) is 23.0 Å². The predicted octanol–water partition coefficient (Wildman–Crippen LogP) is 4.90. The number of Topliss-reactive ketones (excluding diaryl/α,β-unsaturated/α-hetero) is 1. The van der Waals surface area contributed by atoms with Gasteiger partial charge in [-0.3, -0.25) is 4.79 Å². The van der Waals surface area contributed by atoms with Crippen molar-refractivity contribution in [2.24, 2.45) is 0 Å². The average Bonchev–Trinajstić information content (AvgIpc) is 2.62. The molecule has 3 aromatic rings. The molecule has 1 atom stereocenters. The number of ketones is 1. The Morgan fingerprint density at radius 1 is 1.00 bits per heavy atom. The molecule has 2 aromatic carbocycles. The quantitative estimate of drug-likeness (QED) is 0.621. The summed E-state index contributed by atoms with van der Waals surface area (Å²) in [7, 11) is 0. The van der Waals surface area contributed by atoms with E-state index in [-0.39, 0.29) is 11.8 Å². The fourth-order valence-electron chi connectivity index (χ4n) is 2.65. The number of carbonyl (C=O) groups is 1. The fraction of sp³-hybridized carbons (Fsp3) is 0.190. The highest BCUT2D eigenvalue weighted by atomic mass is 16.1. The average molecular weight is 346 g/mol. The summed E-state index contributed by atoms with van der Waals surface area (Å²) in [5.41, 5.74) is 3.60. The van der Waals surface area contributed by atoms with E-state index in [2.05, 4.69) is 39.7 Å². The molecule has 5 nitrogen and oxygen atoms in total. The molecule has 1 heterocycles. The van der Waals surface area contributed by atoms with Crippen LogP contribution in [0.4, 0.5) is 17.5 Å². The van der Waals surface area contributed by atoms with Crippen molar-refractivity contribution in [2.75, 3.05) is 10.6 Å². The summed E-state index contributed by atoms with van der Waals surface area (Å²) in [4.78, 5) is 20.4. The van der Waals surface area contributed by atoms with Gasteiger partial charge in [-0.1, -0.05) is 30.3 Å². The minimum Gasteiger partial charge on any atom is -0.348 e. The minimum absolute atomic E-state index is 0.0517. The van der Waals surface area contributed by atoms with Crippen LogP contribution in [0.15, 0.2) is 60.7 Å². The van der Waals surface area contributed by atoms with Crippen molar-refractivity contribution in [3.63, 3.8) is 0 Å².